The van der Waals surface area contributed by atoms with E-state index >= 15 is 0 Å². The Bertz CT molecular complexity index is 1540. The van der Waals surface area contributed by atoms with E-state index in [2.05, 4.69) is 4.98 Å². The molecule has 5 rings (SSSR count). The van der Waals surface area contributed by atoms with Crippen molar-refractivity contribution in [3.8, 4) is 17.2 Å². The molecule has 33 heavy (non-hydrogen) atoms. The molecule has 0 aliphatic rings. The second-order valence-electron chi connectivity index (χ2n) is 7.19. The molecular weight excluding hydrogens is 460 g/mol. The number of rotatable bonds is 7. The summed E-state index contributed by atoms with van der Waals surface area (Å²) in [6.07, 6.45) is 1.81. The number of benzene rings is 3. The van der Waals surface area contributed by atoms with Crippen LogP contribution in [0.5, 0.6) is 17.2 Å². The van der Waals surface area contributed by atoms with Crippen molar-refractivity contribution in [3.05, 3.63) is 92.2 Å². The van der Waals surface area contributed by atoms with Crippen LogP contribution >= 0.6 is 22.9 Å². The van der Waals surface area contributed by atoms with Gasteiger partial charge in [-0.25, -0.2) is 9.38 Å². The van der Waals surface area contributed by atoms with Gasteiger partial charge in [0.15, 0.2) is 4.96 Å². The Kier molecular flexibility index (Phi) is 5.90. The number of fused-ring (bicyclic) bond motifs is 3. The third kappa shape index (κ3) is 4.37. The molecular formula is C25H19ClN2O4S. The van der Waals surface area contributed by atoms with Gasteiger partial charge < -0.3 is 14.2 Å². The molecule has 0 aliphatic heterocycles. The van der Waals surface area contributed by atoms with Gasteiger partial charge in [-0.1, -0.05) is 35.1 Å². The highest BCUT2D eigenvalue weighted by Gasteiger charge is 2.12. The standard InChI is InChI=1S/C25H19ClN2O4S/c1-30-19-10-11-22(32-13-12-31-18-8-6-17(26)7-9-18)16(14-19)15-23-24(29)28-21-5-3-2-4-20(21)27-25(28)33-23/h2-11,14-15H,12-13H2,1H3. The lowest BCUT2D eigenvalue weighted by molar-refractivity contribution is 0.216. The van der Waals surface area contributed by atoms with Crippen molar-refractivity contribution in [1.82, 2.24) is 9.38 Å². The minimum Gasteiger partial charge on any atom is -0.497 e. The van der Waals surface area contributed by atoms with E-state index < -0.39 is 0 Å². The van der Waals surface area contributed by atoms with Crippen LogP contribution in [-0.4, -0.2) is 29.7 Å². The van der Waals surface area contributed by atoms with Gasteiger partial charge in [0.1, 0.15) is 30.5 Å². The maximum absolute atomic E-state index is 13.1. The van der Waals surface area contributed by atoms with Crippen LogP contribution in [-0.2, 0) is 0 Å². The van der Waals surface area contributed by atoms with Gasteiger partial charge in [0.2, 0.25) is 0 Å². The lowest BCUT2D eigenvalue weighted by atomic mass is 10.2. The first-order chi connectivity index (χ1) is 16.1. The van der Waals surface area contributed by atoms with Gasteiger partial charge in [0, 0.05) is 10.6 Å². The zero-order chi connectivity index (χ0) is 22.8. The molecule has 2 heterocycles. The summed E-state index contributed by atoms with van der Waals surface area (Å²) in [6, 6.07) is 20.3. The lowest BCUT2D eigenvalue weighted by Crippen LogP contribution is -2.22. The van der Waals surface area contributed by atoms with Gasteiger partial charge in [-0.3, -0.25) is 4.79 Å². The van der Waals surface area contributed by atoms with Gasteiger partial charge in [-0.2, -0.15) is 0 Å². The van der Waals surface area contributed by atoms with E-state index in [1.54, 1.807) is 23.6 Å². The maximum Gasteiger partial charge on any atom is 0.274 e. The predicted octanol–water partition coefficient (Wildman–Crippen LogP) is 4.58. The topological polar surface area (TPSA) is 62.1 Å². The van der Waals surface area contributed by atoms with Gasteiger partial charge in [-0.15, -0.1) is 0 Å². The number of thiazole rings is 1. The van der Waals surface area contributed by atoms with Crippen LogP contribution in [0.1, 0.15) is 5.56 Å². The van der Waals surface area contributed by atoms with Crippen molar-refractivity contribution in [2.24, 2.45) is 0 Å². The first kappa shape index (κ1) is 21.3. The number of halogens is 1. The highest BCUT2D eigenvalue weighted by atomic mass is 35.5. The number of imidazole rings is 1. The summed E-state index contributed by atoms with van der Waals surface area (Å²) in [5, 5.41) is 0.656. The van der Waals surface area contributed by atoms with Crippen molar-refractivity contribution in [2.75, 3.05) is 20.3 Å². The molecule has 166 valence electrons. The molecule has 0 aliphatic carbocycles. The van der Waals surface area contributed by atoms with E-state index in [9.17, 15) is 4.79 Å². The van der Waals surface area contributed by atoms with Crippen LogP contribution < -0.4 is 24.3 Å². The number of hydrogen-bond donors (Lipinski definition) is 0. The fourth-order valence-corrected chi connectivity index (χ4v) is 4.60. The van der Waals surface area contributed by atoms with E-state index in [0.29, 0.717) is 39.2 Å². The zero-order valence-electron chi connectivity index (χ0n) is 17.7. The maximum atomic E-state index is 13.1. The fraction of sp³-hybridized carbons (Fsp3) is 0.120. The normalized spacial score (nSPS) is 11.9. The van der Waals surface area contributed by atoms with Gasteiger partial charge >= 0.3 is 0 Å². The molecule has 2 aromatic heterocycles. The summed E-state index contributed by atoms with van der Waals surface area (Å²) in [5.74, 6) is 2.02. The second-order valence-corrected chi connectivity index (χ2v) is 8.63. The number of aromatic nitrogens is 2. The predicted molar refractivity (Wildman–Crippen MR) is 131 cm³/mol. The summed E-state index contributed by atoms with van der Waals surface area (Å²) < 4.78 is 19.2. The van der Waals surface area contributed by atoms with E-state index in [4.69, 9.17) is 25.8 Å². The molecule has 0 radical (unpaired) electrons. The SMILES string of the molecule is COc1ccc(OCCOc2ccc(Cl)cc2)c(C=c2sc3nc4ccccc4n3c2=O)c1. The van der Waals surface area contributed by atoms with Crippen LogP contribution in [0.4, 0.5) is 0 Å². The van der Waals surface area contributed by atoms with E-state index in [1.807, 2.05) is 60.7 Å². The molecule has 0 fully saturated rings. The molecule has 0 N–H and O–H groups in total. The third-order valence-corrected chi connectivity index (χ3v) is 6.29. The summed E-state index contributed by atoms with van der Waals surface area (Å²) in [6.45, 7) is 0.692. The monoisotopic (exact) mass is 478 g/mol. The quantitative estimate of drug-likeness (QED) is 0.320. The van der Waals surface area contributed by atoms with Crippen LogP contribution in [0.3, 0.4) is 0 Å². The minimum atomic E-state index is -0.108. The molecule has 0 amide bonds. The number of nitrogens with zero attached hydrogens (tertiary/aromatic N) is 2. The molecule has 0 spiro atoms. The first-order valence-corrected chi connectivity index (χ1v) is 11.4. The second kappa shape index (κ2) is 9.13. The molecule has 5 aromatic rings. The highest BCUT2D eigenvalue weighted by molar-refractivity contribution is 7.15. The highest BCUT2D eigenvalue weighted by Crippen LogP contribution is 2.25. The average molecular weight is 479 g/mol. The van der Waals surface area contributed by atoms with Gasteiger partial charge in [0.05, 0.1) is 22.7 Å². The molecule has 0 bridgehead atoms. The van der Waals surface area contributed by atoms with Gasteiger partial charge in [0.25, 0.3) is 5.56 Å². The Hall–Kier alpha value is -3.55. The molecule has 0 saturated carbocycles. The van der Waals surface area contributed by atoms with E-state index in [1.165, 1.54) is 11.3 Å². The van der Waals surface area contributed by atoms with Crippen LogP contribution in [0.2, 0.25) is 5.02 Å². The molecule has 3 aromatic carbocycles. The van der Waals surface area contributed by atoms with E-state index in [-0.39, 0.29) is 5.56 Å². The zero-order valence-corrected chi connectivity index (χ0v) is 19.2. The molecule has 0 unspecified atom stereocenters. The Morgan fingerprint density at radius 1 is 1.00 bits per heavy atom. The summed E-state index contributed by atoms with van der Waals surface area (Å²) in [7, 11) is 1.60. The first-order valence-electron chi connectivity index (χ1n) is 10.2. The molecule has 0 atom stereocenters. The molecule has 0 saturated heterocycles. The van der Waals surface area contributed by atoms with Crippen molar-refractivity contribution < 1.29 is 14.2 Å². The van der Waals surface area contributed by atoms with Crippen LogP contribution in [0.25, 0.3) is 22.1 Å². The van der Waals surface area contributed by atoms with Crippen molar-refractivity contribution in [3.63, 3.8) is 0 Å². The number of methoxy groups -OCH3 is 1. The smallest absolute Gasteiger partial charge is 0.274 e. The Labute approximate surface area is 198 Å². The fourth-order valence-electron chi connectivity index (χ4n) is 3.49. The number of ether oxygens (including phenoxy) is 3. The van der Waals surface area contributed by atoms with Crippen LogP contribution in [0, 0.1) is 0 Å². The largest absolute Gasteiger partial charge is 0.497 e. The number of para-hydroxylation sites is 2. The Morgan fingerprint density at radius 3 is 2.58 bits per heavy atom. The number of hydrogen-bond acceptors (Lipinski definition) is 6. The van der Waals surface area contributed by atoms with Crippen molar-refractivity contribution in [1.29, 1.82) is 0 Å². The lowest BCUT2D eigenvalue weighted by Gasteiger charge is -2.11. The Morgan fingerprint density at radius 2 is 1.76 bits per heavy atom. The third-order valence-electron chi connectivity index (χ3n) is 5.07. The van der Waals surface area contributed by atoms with Crippen molar-refractivity contribution >= 4 is 45.0 Å². The minimum absolute atomic E-state index is 0.108. The van der Waals surface area contributed by atoms with Crippen LogP contribution in [0.15, 0.2) is 71.5 Å². The summed E-state index contributed by atoms with van der Waals surface area (Å²) in [4.78, 5) is 18.3. The average Bonchev–Trinajstić information content (AvgIpc) is 3.34. The summed E-state index contributed by atoms with van der Waals surface area (Å²) in [5.41, 5.74) is 2.24. The van der Waals surface area contributed by atoms with Gasteiger partial charge in [-0.05, 0) is 60.7 Å². The Balaban J connectivity index is 1.42. The van der Waals surface area contributed by atoms with Crippen molar-refractivity contribution in [2.45, 2.75) is 0 Å². The van der Waals surface area contributed by atoms with E-state index in [0.717, 1.165) is 22.3 Å². The molecule has 8 heteroatoms. The summed E-state index contributed by atoms with van der Waals surface area (Å²) >= 11 is 7.24. The molecule has 6 nitrogen and oxygen atoms in total.